The number of nitrogens with two attached hydrogens (primary N) is 1. The maximum absolute atomic E-state index is 5.82. The Morgan fingerprint density at radius 3 is 2.81 bits per heavy atom. The SMILES string of the molecule is CCCC(C)(C)n1ccc2c(N)ncnc21. The Labute approximate surface area is 95.5 Å². The quantitative estimate of drug-likeness (QED) is 0.861. The molecule has 4 nitrogen and oxygen atoms in total. The maximum atomic E-state index is 5.82. The second-order valence-electron chi connectivity index (χ2n) is 4.74. The predicted molar refractivity (Wildman–Crippen MR) is 66.2 cm³/mol. The lowest BCUT2D eigenvalue weighted by Crippen LogP contribution is -2.25. The van der Waals surface area contributed by atoms with E-state index in [1.807, 2.05) is 12.3 Å². The van der Waals surface area contributed by atoms with Gasteiger partial charge in [0.15, 0.2) is 0 Å². The predicted octanol–water partition coefficient (Wildman–Crippen LogP) is 2.55. The molecule has 4 heteroatoms. The third kappa shape index (κ3) is 1.64. The van der Waals surface area contributed by atoms with Crippen molar-refractivity contribution in [1.82, 2.24) is 14.5 Å². The van der Waals surface area contributed by atoms with Crippen molar-refractivity contribution >= 4 is 16.9 Å². The number of nitrogen functional groups attached to an aromatic ring is 1. The Morgan fingerprint density at radius 1 is 1.38 bits per heavy atom. The minimum Gasteiger partial charge on any atom is -0.383 e. The summed E-state index contributed by atoms with van der Waals surface area (Å²) < 4.78 is 2.18. The standard InChI is InChI=1S/C12H18N4/c1-4-6-12(2,3)16-7-5-9-10(13)14-8-15-11(9)16/h5,7-8H,4,6H2,1-3H3,(H2,13,14,15). The summed E-state index contributed by atoms with van der Waals surface area (Å²) in [6.45, 7) is 6.62. The monoisotopic (exact) mass is 218 g/mol. The molecule has 0 radical (unpaired) electrons. The summed E-state index contributed by atoms with van der Waals surface area (Å²) in [4.78, 5) is 8.32. The number of hydrogen-bond acceptors (Lipinski definition) is 3. The van der Waals surface area contributed by atoms with Crippen LogP contribution in [-0.2, 0) is 5.54 Å². The molecule has 0 unspecified atom stereocenters. The van der Waals surface area contributed by atoms with Crippen LogP contribution in [0.5, 0.6) is 0 Å². The van der Waals surface area contributed by atoms with Crippen LogP contribution in [0.2, 0.25) is 0 Å². The third-order valence-corrected chi connectivity index (χ3v) is 3.03. The van der Waals surface area contributed by atoms with Crippen molar-refractivity contribution in [1.29, 1.82) is 0 Å². The molecule has 0 spiro atoms. The van der Waals surface area contributed by atoms with Crippen LogP contribution in [-0.4, -0.2) is 14.5 Å². The molecule has 0 aliphatic rings. The number of rotatable bonds is 3. The molecule has 0 saturated carbocycles. The molecule has 0 atom stereocenters. The number of anilines is 1. The Kier molecular flexibility index (Phi) is 2.58. The van der Waals surface area contributed by atoms with E-state index in [4.69, 9.17) is 5.73 Å². The zero-order valence-electron chi connectivity index (χ0n) is 10.1. The van der Waals surface area contributed by atoms with Crippen molar-refractivity contribution in [2.45, 2.75) is 39.2 Å². The van der Waals surface area contributed by atoms with Crippen LogP contribution >= 0.6 is 0 Å². The van der Waals surface area contributed by atoms with Crippen molar-refractivity contribution in [3.63, 3.8) is 0 Å². The first-order valence-corrected chi connectivity index (χ1v) is 5.64. The van der Waals surface area contributed by atoms with Crippen LogP contribution in [0.1, 0.15) is 33.6 Å². The van der Waals surface area contributed by atoms with Crippen molar-refractivity contribution in [3.8, 4) is 0 Å². The van der Waals surface area contributed by atoms with E-state index in [0.717, 1.165) is 23.9 Å². The van der Waals surface area contributed by atoms with Gasteiger partial charge in [0, 0.05) is 11.7 Å². The van der Waals surface area contributed by atoms with Gasteiger partial charge in [0.25, 0.3) is 0 Å². The molecule has 0 amide bonds. The fraction of sp³-hybridized carbons (Fsp3) is 0.500. The van der Waals surface area contributed by atoms with Crippen LogP contribution in [0.4, 0.5) is 5.82 Å². The van der Waals surface area contributed by atoms with Gasteiger partial charge in [0.05, 0.1) is 5.39 Å². The summed E-state index contributed by atoms with van der Waals surface area (Å²) in [5.41, 5.74) is 6.81. The lowest BCUT2D eigenvalue weighted by molar-refractivity contribution is 0.333. The van der Waals surface area contributed by atoms with Crippen molar-refractivity contribution in [3.05, 3.63) is 18.6 Å². The Balaban J connectivity index is 2.58. The lowest BCUT2D eigenvalue weighted by Gasteiger charge is -2.27. The molecule has 0 bridgehead atoms. The van der Waals surface area contributed by atoms with E-state index in [2.05, 4.69) is 35.3 Å². The molecule has 86 valence electrons. The molecule has 0 aromatic carbocycles. The molecule has 2 rings (SSSR count). The van der Waals surface area contributed by atoms with Crippen LogP contribution in [0.3, 0.4) is 0 Å². The first-order chi connectivity index (χ1) is 7.56. The molecule has 0 fully saturated rings. The van der Waals surface area contributed by atoms with Gasteiger partial charge in [-0.3, -0.25) is 0 Å². The average molecular weight is 218 g/mol. The van der Waals surface area contributed by atoms with Gasteiger partial charge in [0.1, 0.15) is 17.8 Å². The molecule has 2 heterocycles. The summed E-state index contributed by atoms with van der Waals surface area (Å²) in [6.07, 6.45) is 5.83. The van der Waals surface area contributed by atoms with Crippen molar-refractivity contribution in [2.75, 3.05) is 5.73 Å². The lowest BCUT2D eigenvalue weighted by atomic mass is 9.99. The topological polar surface area (TPSA) is 56.7 Å². The number of fused-ring (bicyclic) bond motifs is 1. The average Bonchev–Trinajstić information content (AvgIpc) is 2.63. The summed E-state index contributed by atoms with van der Waals surface area (Å²) in [5, 5.41) is 0.937. The Morgan fingerprint density at radius 2 is 2.12 bits per heavy atom. The van der Waals surface area contributed by atoms with Gasteiger partial charge in [-0.2, -0.15) is 0 Å². The minimum atomic E-state index is 0.0668. The van der Waals surface area contributed by atoms with Gasteiger partial charge in [-0.1, -0.05) is 13.3 Å². The second-order valence-corrected chi connectivity index (χ2v) is 4.74. The molecule has 0 aliphatic carbocycles. The fourth-order valence-electron chi connectivity index (χ4n) is 2.19. The summed E-state index contributed by atoms with van der Waals surface area (Å²) >= 11 is 0. The number of nitrogens with zero attached hydrogens (tertiary/aromatic N) is 3. The third-order valence-electron chi connectivity index (χ3n) is 3.03. The number of aromatic nitrogens is 3. The zero-order valence-corrected chi connectivity index (χ0v) is 10.1. The Bertz CT molecular complexity index is 499. The van der Waals surface area contributed by atoms with E-state index in [0.29, 0.717) is 5.82 Å². The van der Waals surface area contributed by atoms with Gasteiger partial charge in [-0.25, -0.2) is 9.97 Å². The summed E-state index contributed by atoms with van der Waals surface area (Å²) in [7, 11) is 0. The van der Waals surface area contributed by atoms with Crippen molar-refractivity contribution < 1.29 is 0 Å². The van der Waals surface area contributed by atoms with Gasteiger partial charge < -0.3 is 10.3 Å². The molecule has 2 N–H and O–H groups in total. The Hall–Kier alpha value is -1.58. The van der Waals surface area contributed by atoms with Gasteiger partial charge >= 0.3 is 0 Å². The van der Waals surface area contributed by atoms with E-state index < -0.39 is 0 Å². The highest BCUT2D eigenvalue weighted by Crippen LogP contribution is 2.28. The normalized spacial score (nSPS) is 12.2. The highest BCUT2D eigenvalue weighted by molar-refractivity contribution is 5.86. The van der Waals surface area contributed by atoms with Gasteiger partial charge in [0.2, 0.25) is 0 Å². The molecular formula is C12H18N4. The van der Waals surface area contributed by atoms with Crippen LogP contribution in [0.15, 0.2) is 18.6 Å². The molecule has 0 aliphatic heterocycles. The zero-order chi connectivity index (χ0) is 11.8. The van der Waals surface area contributed by atoms with Crippen LogP contribution in [0.25, 0.3) is 11.0 Å². The molecule has 2 aromatic heterocycles. The molecule has 0 saturated heterocycles. The highest BCUT2D eigenvalue weighted by atomic mass is 15.1. The number of hydrogen-bond donors (Lipinski definition) is 1. The van der Waals surface area contributed by atoms with E-state index in [1.54, 1.807) is 0 Å². The largest absolute Gasteiger partial charge is 0.383 e. The van der Waals surface area contributed by atoms with Crippen molar-refractivity contribution in [2.24, 2.45) is 0 Å². The van der Waals surface area contributed by atoms with Crippen LogP contribution in [0, 0.1) is 0 Å². The second kappa shape index (κ2) is 3.77. The smallest absolute Gasteiger partial charge is 0.145 e. The summed E-state index contributed by atoms with van der Waals surface area (Å²) in [5.74, 6) is 0.552. The first-order valence-electron chi connectivity index (χ1n) is 5.64. The van der Waals surface area contributed by atoms with E-state index >= 15 is 0 Å². The van der Waals surface area contributed by atoms with Gasteiger partial charge in [-0.15, -0.1) is 0 Å². The first kappa shape index (κ1) is 10.9. The maximum Gasteiger partial charge on any atom is 0.145 e. The summed E-state index contributed by atoms with van der Waals surface area (Å²) in [6, 6.07) is 1.99. The van der Waals surface area contributed by atoms with Gasteiger partial charge in [-0.05, 0) is 26.3 Å². The highest BCUT2D eigenvalue weighted by Gasteiger charge is 2.21. The molecule has 16 heavy (non-hydrogen) atoms. The van der Waals surface area contributed by atoms with E-state index in [-0.39, 0.29) is 5.54 Å². The van der Waals surface area contributed by atoms with Crippen LogP contribution < -0.4 is 5.73 Å². The van der Waals surface area contributed by atoms with E-state index in [1.165, 1.54) is 6.33 Å². The van der Waals surface area contributed by atoms with E-state index in [9.17, 15) is 0 Å². The fourth-order valence-corrected chi connectivity index (χ4v) is 2.19. The molecular weight excluding hydrogens is 200 g/mol. The minimum absolute atomic E-state index is 0.0668. The molecule has 2 aromatic rings.